The predicted octanol–water partition coefficient (Wildman–Crippen LogP) is 3.43. The number of hydrogen-bond donors (Lipinski definition) is 1. The number of hydrogen-bond acceptors (Lipinski definition) is 4. The van der Waals surface area contributed by atoms with Gasteiger partial charge in [-0.1, -0.05) is 0 Å². The fourth-order valence-electron chi connectivity index (χ4n) is 2.02. The minimum atomic E-state index is -5.58. The summed E-state index contributed by atoms with van der Waals surface area (Å²) in [7, 11) is -5.58. The zero-order chi connectivity index (χ0) is 15.7. The highest BCUT2D eigenvalue weighted by Crippen LogP contribution is 2.35. The summed E-state index contributed by atoms with van der Waals surface area (Å²) in [6.07, 6.45) is 1.94. The van der Waals surface area contributed by atoms with Gasteiger partial charge in [0.1, 0.15) is 10.7 Å². The van der Waals surface area contributed by atoms with E-state index in [9.17, 15) is 26.0 Å². The van der Waals surface area contributed by atoms with Crippen LogP contribution in [-0.4, -0.2) is 31.5 Å². The molecule has 1 saturated heterocycles. The summed E-state index contributed by atoms with van der Waals surface area (Å²) in [5, 5.41) is 2.91. The van der Waals surface area contributed by atoms with Gasteiger partial charge in [-0.3, -0.25) is 0 Å². The van der Waals surface area contributed by atoms with Gasteiger partial charge in [0, 0.05) is 11.8 Å². The molecule has 1 aliphatic heterocycles. The Morgan fingerprint density at radius 1 is 1.33 bits per heavy atom. The molecular formula is C12H13F4NO2S2. The van der Waals surface area contributed by atoms with E-state index in [4.69, 9.17) is 0 Å². The lowest BCUT2D eigenvalue weighted by molar-refractivity contribution is -0.0435. The molecule has 9 heteroatoms. The number of rotatable bonds is 4. The van der Waals surface area contributed by atoms with Gasteiger partial charge in [-0.2, -0.15) is 24.9 Å². The molecular weight excluding hydrogens is 330 g/mol. The Hall–Kier alpha value is -0.960. The topological polar surface area (TPSA) is 46.2 Å². The highest BCUT2D eigenvalue weighted by atomic mass is 32.2. The first-order valence-electron chi connectivity index (χ1n) is 6.18. The summed E-state index contributed by atoms with van der Waals surface area (Å²) in [6, 6.07) is 2.35. The third-order valence-corrected chi connectivity index (χ3v) is 6.01. The van der Waals surface area contributed by atoms with Crippen molar-refractivity contribution < 1.29 is 26.0 Å². The Morgan fingerprint density at radius 2 is 2.05 bits per heavy atom. The monoisotopic (exact) mass is 343 g/mol. The van der Waals surface area contributed by atoms with Crippen LogP contribution in [0.5, 0.6) is 0 Å². The van der Waals surface area contributed by atoms with Gasteiger partial charge in [0.05, 0.1) is 5.69 Å². The summed E-state index contributed by atoms with van der Waals surface area (Å²) in [4.78, 5) is -1.07. The van der Waals surface area contributed by atoms with Crippen LogP contribution >= 0.6 is 11.8 Å². The Balaban J connectivity index is 2.29. The zero-order valence-electron chi connectivity index (χ0n) is 10.8. The van der Waals surface area contributed by atoms with Gasteiger partial charge >= 0.3 is 5.51 Å². The molecule has 0 saturated carbocycles. The molecule has 0 aliphatic carbocycles. The molecule has 0 radical (unpaired) electrons. The first-order valence-corrected chi connectivity index (χ1v) is 8.71. The van der Waals surface area contributed by atoms with Crippen LogP contribution in [0.4, 0.5) is 23.2 Å². The lowest BCUT2D eigenvalue weighted by atomic mass is 10.2. The highest BCUT2D eigenvalue weighted by Gasteiger charge is 2.48. The maximum atomic E-state index is 13.1. The molecule has 118 valence electrons. The van der Waals surface area contributed by atoms with Gasteiger partial charge in [-0.05, 0) is 36.8 Å². The van der Waals surface area contributed by atoms with E-state index < -0.39 is 26.1 Å². The maximum Gasteiger partial charge on any atom is 0.501 e. The van der Waals surface area contributed by atoms with Gasteiger partial charge in [0.2, 0.25) is 0 Å². The Kier molecular flexibility index (Phi) is 4.72. The van der Waals surface area contributed by atoms with E-state index in [1.54, 1.807) is 11.8 Å². The van der Waals surface area contributed by atoms with Gasteiger partial charge in [-0.15, -0.1) is 0 Å². The van der Waals surface area contributed by atoms with Crippen LogP contribution in [0.1, 0.15) is 12.8 Å². The molecule has 1 atom stereocenters. The third-order valence-electron chi connectivity index (χ3n) is 3.08. The average Bonchev–Trinajstić information content (AvgIpc) is 2.89. The van der Waals surface area contributed by atoms with Gasteiger partial charge in [-0.25, -0.2) is 12.8 Å². The van der Waals surface area contributed by atoms with Crippen molar-refractivity contribution in [1.82, 2.24) is 0 Å². The van der Waals surface area contributed by atoms with Gasteiger partial charge in [0.15, 0.2) is 0 Å². The second-order valence-corrected chi connectivity index (χ2v) is 7.92. The minimum Gasteiger partial charge on any atom is -0.383 e. The molecule has 1 aromatic rings. The summed E-state index contributed by atoms with van der Waals surface area (Å²) in [5.74, 6) is -0.0534. The van der Waals surface area contributed by atoms with Crippen LogP contribution in [-0.2, 0) is 9.84 Å². The van der Waals surface area contributed by atoms with Crippen LogP contribution in [0.15, 0.2) is 23.1 Å². The number of nitrogens with one attached hydrogen (secondary N) is 1. The van der Waals surface area contributed by atoms with Crippen molar-refractivity contribution >= 4 is 27.3 Å². The number of thioether (sulfide) groups is 1. The minimum absolute atomic E-state index is 0.219. The van der Waals surface area contributed by atoms with Crippen molar-refractivity contribution in [1.29, 1.82) is 0 Å². The molecule has 0 aromatic heterocycles. The first-order chi connectivity index (χ1) is 9.72. The van der Waals surface area contributed by atoms with E-state index in [-0.39, 0.29) is 10.9 Å². The largest absolute Gasteiger partial charge is 0.501 e. The summed E-state index contributed by atoms with van der Waals surface area (Å²) >= 11 is 1.68. The molecule has 0 bridgehead atoms. The molecule has 1 N–H and O–H groups in total. The lowest BCUT2D eigenvalue weighted by Crippen LogP contribution is -2.25. The Morgan fingerprint density at radius 3 is 2.62 bits per heavy atom. The van der Waals surface area contributed by atoms with Crippen molar-refractivity contribution in [2.45, 2.75) is 28.5 Å². The van der Waals surface area contributed by atoms with Crippen molar-refractivity contribution in [2.75, 3.05) is 17.6 Å². The smallest absolute Gasteiger partial charge is 0.383 e. The van der Waals surface area contributed by atoms with Crippen molar-refractivity contribution in [2.24, 2.45) is 0 Å². The highest BCUT2D eigenvalue weighted by molar-refractivity contribution is 8.00. The van der Waals surface area contributed by atoms with Crippen LogP contribution < -0.4 is 5.32 Å². The molecule has 2 rings (SSSR count). The van der Waals surface area contributed by atoms with Gasteiger partial charge in [0.25, 0.3) is 9.84 Å². The molecule has 21 heavy (non-hydrogen) atoms. The molecule has 1 aromatic carbocycles. The Labute approximate surface area is 124 Å². The lowest BCUT2D eigenvalue weighted by Gasteiger charge is -2.16. The predicted molar refractivity (Wildman–Crippen MR) is 73.6 cm³/mol. The van der Waals surface area contributed by atoms with Gasteiger partial charge < -0.3 is 5.32 Å². The van der Waals surface area contributed by atoms with E-state index in [1.165, 1.54) is 0 Å². The number of halogens is 4. The summed E-state index contributed by atoms with van der Waals surface area (Å²) in [5.41, 5.74) is -5.68. The van der Waals surface area contributed by atoms with E-state index >= 15 is 0 Å². The van der Waals surface area contributed by atoms with Crippen LogP contribution in [0.25, 0.3) is 0 Å². The molecule has 1 fully saturated rings. The fraction of sp³-hybridized carbons (Fsp3) is 0.500. The number of anilines is 1. The first kappa shape index (κ1) is 16.4. The van der Waals surface area contributed by atoms with E-state index in [1.807, 2.05) is 0 Å². The van der Waals surface area contributed by atoms with Crippen LogP contribution in [0.2, 0.25) is 0 Å². The van der Waals surface area contributed by atoms with Crippen LogP contribution in [0, 0.1) is 5.82 Å². The molecule has 0 amide bonds. The second kappa shape index (κ2) is 6.04. The summed E-state index contributed by atoms with van der Waals surface area (Å²) in [6.45, 7) is 0.344. The summed E-state index contributed by atoms with van der Waals surface area (Å²) < 4.78 is 74.0. The van der Waals surface area contributed by atoms with Crippen molar-refractivity contribution in [3.05, 3.63) is 24.0 Å². The van der Waals surface area contributed by atoms with E-state index in [0.717, 1.165) is 30.7 Å². The quantitative estimate of drug-likeness (QED) is 0.851. The van der Waals surface area contributed by atoms with Crippen molar-refractivity contribution in [3.8, 4) is 0 Å². The normalized spacial score (nSPS) is 19.7. The maximum absolute atomic E-state index is 13.1. The molecule has 0 spiro atoms. The third kappa shape index (κ3) is 3.63. The van der Waals surface area contributed by atoms with E-state index in [2.05, 4.69) is 5.32 Å². The Bertz CT molecular complexity index is 610. The fourth-order valence-corrected chi connectivity index (χ4v) is 4.17. The van der Waals surface area contributed by atoms with Crippen LogP contribution in [0.3, 0.4) is 0 Å². The van der Waals surface area contributed by atoms with E-state index in [0.29, 0.717) is 12.6 Å². The zero-order valence-corrected chi connectivity index (χ0v) is 12.4. The standard InChI is InChI=1S/C12H13F4NO2S2/c13-8-3-4-10(17-7-9-2-1-5-20-9)11(6-8)21(18,19)12(14,15)16/h3-4,6,9,17H,1-2,5,7H2. The number of benzene rings is 1. The molecule has 1 heterocycles. The average molecular weight is 343 g/mol. The molecule has 1 aliphatic rings. The number of sulfone groups is 1. The molecule has 1 unspecified atom stereocenters. The number of alkyl halides is 3. The van der Waals surface area contributed by atoms with Crippen molar-refractivity contribution in [3.63, 3.8) is 0 Å². The second-order valence-electron chi connectivity index (χ2n) is 4.61. The SMILES string of the molecule is O=S(=O)(c1cc(F)ccc1NCC1CCCS1)C(F)(F)F. The molecule has 3 nitrogen and oxygen atoms in total.